The van der Waals surface area contributed by atoms with Crippen LogP contribution < -0.4 is 21.1 Å². The van der Waals surface area contributed by atoms with Crippen LogP contribution in [0.5, 0.6) is 11.5 Å². The number of ether oxygens (including phenoxy) is 1. The fourth-order valence-electron chi connectivity index (χ4n) is 3.97. The third kappa shape index (κ3) is 5.23. The molecule has 0 radical (unpaired) electrons. The Hall–Kier alpha value is -4.42. The number of anilines is 2. The lowest BCUT2D eigenvalue weighted by molar-refractivity contribution is -0.274. The van der Waals surface area contributed by atoms with Crippen molar-refractivity contribution in [3.63, 3.8) is 0 Å². The first-order valence-corrected chi connectivity index (χ1v) is 10.4. The second kappa shape index (κ2) is 9.08. The number of phenols is 1. The Labute approximate surface area is 196 Å². The van der Waals surface area contributed by atoms with Crippen molar-refractivity contribution in [3.05, 3.63) is 48.7 Å². The summed E-state index contributed by atoms with van der Waals surface area (Å²) in [5, 5.41) is 15.3. The van der Waals surface area contributed by atoms with E-state index in [0.29, 0.717) is 23.7 Å². The zero-order chi connectivity index (χ0) is 25.3. The normalized spacial score (nSPS) is 15.7. The summed E-state index contributed by atoms with van der Waals surface area (Å²) in [6.45, 7) is 0.251. The molecule has 1 aliphatic heterocycles. The molecule has 5 N–H and O–H groups in total. The van der Waals surface area contributed by atoms with Gasteiger partial charge in [-0.25, -0.2) is 9.59 Å². The van der Waals surface area contributed by atoms with Crippen LogP contribution in [0.15, 0.2) is 48.7 Å². The van der Waals surface area contributed by atoms with Crippen LogP contribution >= 0.6 is 0 Å². The van der Waals surface area contributed by atoms with Gasteiger partial charge in [-0.1, -0.05) is 6.07 Å². The Morgan fingerprint density at radius 1 is 1.11 bits per heavy atom. The summed E-state index contributed by atoms with van der Waals surface area (Å²) in [5.74, 6) is -1.17. The number of primary amides is 1. The molecular formula is C22H20F3N5O5. The van der Waals surface area contributed by atoms with Crippen LogP contribution in [0.4, 0.5) is 34.1 Å². The van der Waals surface area contributed by atoms with Gasteiger partial charge in [0.15, 0.2) is 0 Å². The monoisotopic (exact) mass is 491 g/mol. The molecule has 0 unspecified atom stereocenters. The van der Waals surface area contributed by atoms with E-state index in [1.54, 1.807) is 0 Å². The molecule has 0 bridgehead atoms. The maximum absolute atomic E-state index is 13.0. The molecule has 0 saturated carbocycles. The lowest BCUT2D eigenvalue weighted by atomic mass is 10.2. The van der Waals surface area contributed by atoms with Crippen LogP contribution in [0.3, 0.4) is 0 Å². The largest absolute Gasteiger partial charge is 0.573 e. The van der Waals surface area contributed by atoms with E-state index >= 15 is 0 Å². The zero-order valence-corrected chi connectivity index (χ0v) is 18.0. The van der Waals surface area contributed by atoms with Crippen molar-refractivity contribution in [1.29, 1.82) is 0 Å². The Kier molecular flexibility index (Phi) is 6.16. The van der Waals surface area contributed by atoms with Crippen molar-refractivity contribution < 1.29 is 37.4 Å². The molecule has 0 aliphatic carbocycles. The Balaban J connectivity index is 1.50. The fraction of sp³-hybridized carbons (Fsp3) is 0.227. The van der Waals surface area contributed by atoms with Gasteiger partial charge in [-0.05, 0) is 43.2 Å². The van der Waals surface area contributed by atoms with Crippen LogP contribution in [-0.2, 0) is 4.79 Å². The summed E-state index contributed by atoms with van der Waals surface area (Å²) < 4.78 is 42.4. The molecule has 1 aromatic heterocycles. The van der Waals surface area contributed by atoms with Crippen LogP contribution in [-0.4, -0.2) is 51.5 Å². The molecule has 13 heteroatoms. The average Bonchev–Trinajstić information content (AvgIpc) is 3.38. The summed E-state index contributed by atoms with van der Waals surface area (Å²) in [7, 11) is 0. The van der Waals surface area contributed by atoms with E-state index in [1.807, 2.05) is 0 Å². The SMILES string of the molecule is NC(=O)n1cc(NC(=O)N2CCC[C@H]2C(=O)Nc2cccc(OC(F)(F)F)c2)c2cc(O)ccc21. The number of nitrogens with zero attached hydrogens (tertiary/aromatic N) is 2. The average molecular weight is 491 g/mol. The van der Waals surface area contributed by atoms with Crippen LogP contribution in [0.25, 0.3) is 10.9 Å². The first-order chi connectivity index (χ1) is 16.5. The molecule has 4 amide bonds. The van der Waals surface area contributed by atoms with Crippen molar-refractivity contribution in [2.45, 2.75) is 25.2 Å². The second-order valence-electron chi connectivity index (χ2n) is 7.80. The number of hydrogen-bond acceptors (Lipinski definition) is 5. The molecule has 1 fully saturated rings. The first-order valence-electron chi connectivity index (χ1n) is 10.4. The smallest absolute Gasteiger partial charge is 0.508 e. The number of halogens is 3. The number of hydrogen-bond donors (Lipinski definition) is 4. The highest BCUT2D eigenvalue weighted by atomic mass is 19.4. The van der Waals surface area contributed by atoms with E-state index in [4.69, 9.17) is 5.73 Å². The van der Waals surface area contributed by atoms with Gasteiger partial charge >= 0.3 is 18.4 Å². The molecule has 10 nitrogen and oxygen atoms in total. The number of carbonyl (C=O) groups is 3. The Morgan fingerprint density at radius 2 is 1.89 bits per heavy atom. The number of benzene rings is 2. The van der Waals surface area contributed by atoms with Crippen LogP contribution in [0.2, 0.25) is 0 Å². The maximum atomic E-state index is 13.0. The highest BCUT2D eigenvalue weighted by molar-refractivity contribution is 6.06. The quantitative estimate of drug-likeness (QED) is 0.440. The number of phenolic OH excluding ortho intramolecular Hbond substituents is 1. The summed E-state index contributed by atoms with van der Waals surface area (Å²) in [6, 6.07) is 6.67. The van der Waals surface area contributed by atoms with Gasteiger partial charge < -0.3 is 31.1 Å². The molecule has 3 aromatic rings. The topological polar surface area (TPSA) is 139 Å². The maximum Gasteiger partial charge on any atom is 0.573 e. The van der Waals surface area contributed by atoms with Gasteiger partial charge in [-0.3, -0.25) is 9.36 Å². The number of nitrogens with one attached hydrogen (secondary N) is 2. The molecular weight excluding hydrogens is 471 g/mol. The molecule has 1 saturated heterocycles. The van der Waals surface area contributed by atoms with Crippen molar-refractivity contribution >= 4 is 40.2 Å². The molecule has 35 heavy (non-hydrogen) atoms. The minimum absolute atomic E-state index is 0.0732. The minimum atomic E-state index is -4.88. The van der Waals surface area contributed by atoms with Gasteiger partial charge in [0.1, 0.15) is 17.5 Å². The van der Waals surface area contributed by atoms with Gasteiger partial charge in [-0.2, -0.15) is 0 Å². The van der Waals surface area contributed by atoms with Crippen LogP contribution in [0.1, 0.15) is 12.8 Å². The standard InChI is InChI=1S/C22H20F3N5O5/c23-22(24,25)35-14-4-1-3-12(9-14)27-19(32)18-5-2-8-29(18)21(34)28-16-11-30(20(26)33)17-7-6-13(31)10-15(16)17/h1,3-4,6-7,9-11,18,31H,2,5,8H2,(H2,26,33)(H,27,32)(H,28,34)/t18-/m0/s1. The van der Waals surface area contributed by atoms with Crippen molar-refractivity contribution in [2.24, 2.45) is 5.73 Å². The van der Waals surface area contributed by atoms with Gasteiger partial charge in [-0.15, -0.1) is 13.2 Å². The molecule has 1 aliphatic rings. The van der Waals surface area contributed by atoms with Crippen molar-refractivity contribution in [3.8, 4) is 11.5 Å². The summed E-state index contributed by atoms with van der Waals surface area (Å²) in [6.07, 6.45) is -2.71. The van der Waals surface area contributed by atoms with Gasteiger partial charge in [0.2, 0.25) is 5.91 Å². The number of alkyl halides is 3. The first kappa shape index (κ1) is 23.7. The lowest BCUT2D eigenvalue weighted by Gasteiger charge is -2.24. The number of aromatic nitrogens is 1. The number of urea groups is 1. The van der Waals surface area contributed by atoms with Crippen molar-refractivity contribution in [1.82, 2.24) is 9.47 Å². The summed E-state index contributed by atoms with van der Waals surface area (Å²) >= 11 is 0. The van der Waals surface area contributed by atoms with E-state index in [-0.39, 0.29) is 23.7 Å². The van der Waals surface area contributed by atoms with E-state index in [0.717, 1.165) is 16.7 Å². The summed E-state index contributed by atoms with van der Waals surface area (Å²) in [5.41, 5.74) is 6.01. The highest BCUT2D eigenvalue weighted by Gasteiger charge is 2.35. The van der Waals surface area contributed by atoms with Gasteiger partial charge in [0.05, 0.1) is 11.2 Å². The number of nitrogens with two attached hydrogens (primary N) is 1. The summed E-state index contributed by atoms with van der Waals surface area (Å²) in [4.78, 5) is 38.9. The third-order valence-corrected chi connectivity index (χ3v) is 5.42. The molecule has 1 atom stereocenters. The number of aromatic hydroxyl groups is 1. The van der Waals surface area contributed by atoms with E-state index in [9.17, 15) is 32.7 Å². The minimum Gasteiger partial charge on any atom is -0.508 e. The van der Waals surface area contributed by atoms with Crippen molar-refractivity contribution in [2.75, 3.05) is 17.2 Å². The highest BCUT2D eigenvalue weighted by Crippen LogP contribution is 2.30. The fourth-order valence-corrected chi connectivity index (χ4v) is 3.97. The number of likely N-dealkylation sites (tertiary alicyclic amines) is 1. The zero-order valence-electron chi connectivity index (χ0n) is 18.0. The lowest BCUT2D eigenvalue weighted by Crippen LogP contribution is -2.45. The van der Waals surface area contributed by atoms with Gasteiger partial charge in [0.25, 0.3) is 0 Å². The molecule has 184 valence electrons. The third-order valence-electron chi connectivity index (χ3n) is 5.42. The number of amides is 4. The van der Waals surface area contributed by atoms with E-state index < -0.39 is 36.1 Å². The Bertz CT molecular complexity index is 1310. The molecule has 4 rings (SSSR count). The number of rotatable bonds is 4. The molecule has 2 aromatic carbocycles. The van der Waals surface area contributed by atoms with E-state index in [1.165, 1.54) is 41.4 Å². The van der Waals surface area contributed by atoms with E-state index in [2.05, 4.69) is 15.4 Å². The predicted octanol–water partition coefficient (Wildman–Crippen LogP) is 3.81. The number of carbonyl (C=O) groups excluding carboxylic acids is 3. The Morgan fingerprint density at radius 3 is 2.60 bits per heavy atom. The second-order valence-corrected chi connectivity index (χ2v) is 7.80. The molecule has 2 heterocycles. The predicted molar refractivity (Wildman–Crippen MR) is 119 cm³/mol. The molecule has 0 spiro atoms. The van der Waals surface area contributed by atoms with Gasteiger partial charge in [0, 0.05) is 29.9 Å². The van der Waals surface area contributed by atoms with Crippen LogP contribution in [0, 0.1) is 0 Å². The number of fused-ring (bicyclic) bond motifs is 1.